The monoisotopic (exact) mass is 344 g/mol. The Hall–Kier alpha value is -2.13. The van der Waals surface area contributed by atoms with Gasteiger partial charge in [-0.25, -0.2) is 4.98 Å². The predicted octanol–water partition coefficient (Wildman–Crippen LogP) is 2.37. The van der Waals surface area contributed by atoms with Gasteiger partial charge in [0.2, 0.25) is 0 Å². The second-order valence-electron chi connectivity index (χ2n) is 5.48. The van der Waals surface area contributed by atoms with Crippen LogP contribution >= 0.6 is 0 Å². The molecule has 1 aromatic carbocycles. The van der Waals surface area contributed by atoms with Crippen molar-refractivity contribution in [1.29, 1.82) is 0 Å². The highest BCUT2D eigenvalue weighted by Gasteiger charge is 2.31. The topological polar surface area (TPSA) is 73.4 Å². The minimum absolute atomic E-state index is 0.0182. The molecule has 1 atom stereocenters. The van der Waals surface area contributed by atoms with Gasteiger partial charge in [-0.05, 0) is 24.6 Å². The smallest absolute Gasteiger partial charge is 0.406 e. The second-order valence-corrected chi connectivity index (χ2v) is 5.48. The Morgan fingerprint density at radius 2 is 2.21 bits per heavy atom. The molecule has 1 aliphatic rings. The number of alkyl halides is 3. The first kappa shape index (κ1) is 16.7. The summed E-state index contributed by atoms with van der Waals surface area (Å²) in [5.41, 5.74) is -0.272. The fraction of sp³-hybridized carbons (Fsp3) is 0.467. The lowest BCUT2D eigenvalue weighted by Gasteiger charge is -2.10. The number of aromatic amines is 1. The number of halogens is 3. The molecule has 1 unspecified atom stereocenters. The summed E-state index contributed by atoms with van der Waals surface area (Å²) in [5, 5.41) is 0.0182. The lowest BCUT2D eigenvalue weighted by Crippen LogP contribution is -2.18. The van der Waals surface area contributed by atoms with Crippen molar-refractivity contribution in [3.8, 4) is 5.75 Å². The molecule has 1 saturated heterocycles. The van der Waals surface area contributed by atoms with Crippen LogP contribution in [0.2, 0.25) is 0 Å². The van der Waals surface area contributed by atoms with Crippen LogP contribution in [0.15, 0.2) is 23.0 Å². The Bertz CT molecular complexity index is 769. The van der Waals surface area contributed by atoms with E-state index < -0.39 is 17.7 Å². The van der Waals surface area contributed by atoms with Crippen molar-refractivity contribution in [3.63, 3.8) is 0 Å². The van der Waals surface area contributed by atoms with E-state index in [9.17, 15) is 18.0 Å². The first-order valence-corrected chi connectivity index (χ1v) is 7.35. The Morgan fingerprint density at radius 3 is 2.92 bits per heavy atom. The number of hydrogen-bond donors (Lipinski definition) is 1. The molecule has 9 heteroatoms. The Labute approximate surface area is 134 Å². The molecule has 130 valence electrons. The molecule has 0 spiro atoms. The van der Waals surface area contributed by atoms with E-state index >= 15 is 0 Å². The van der Waals surface area contributed by atoms with Crippen LogP contribution in [-0.2, 0) is 16.1 Å². The van der Waals surface area contributed by atoms with Gasteiger partial charge < -0.3 is 19.2 Å². The van der Waals surface area contributed by atoms with Crippen molar-refractivity contribution < 1.29 is 27.4 Å². The van der Waals surface area contributed by atoms with E-state index in [1.165, 1.54) is 6.07 Å². The van der Waals surface area contributed by atoms with Gasteiger partial charge in [0.15, 0.2) is 0 Å². The average molecular weight is 344 g/mol. The van der Waals surface area contributed by atoms with Crippen LogP contribution < -0.4 is 10.3 Å². The zero-order valence-corrected chi connectivity index (χ0v) is 12.6. The number of hydrogen-bond acceptors (Lipinski definition) is 5. The Morgan fingerprint density at radius 1 is 1.38 bits per heavy atom. The molecule has 2 aromatic rings. The molecular weight excluding hydrogens is 329 g/mol. The Kier molecular flexibility index (Phi) is 4.72. The molecule has 0 aliphatic carbocycles. The molecular formula is C15H15F3N2O4. The molecule has 1 fully saturated rings. The first-order valence-electron chi connectivity index (χ1n) is 7.35. The van der Waals surface area contributed by atoms with Crippen LogP contribution in [0.5, 0.6) is 5.75 Å². The van der Waals surface area contributed by atoms with E-state index in [-0.39, 0.29) is 17.5 Å². The van der Waals surface area contributed by atoms with Gasteiger partial charge in [-0.3, -0.25) is 4.79 Å². The van der Waals surface area contributed by atoms with E-state index in [0.717, 1.165) is 25.2 Å². The van der Waals surface area contributed by atoms with Gasteiger partial charge >= 0.3 is 6.36 Å². The number of ether oxygens (including phenoxy) is 3. The highest BCUT2D eigenvalue weighted by Crippen LogP contribution is 2.24. The highest BCUT2D eigenvalue weighted by molar-refractivity contribution is 5.79. The third-order valence-electron chi connectivity index (χ3n) is 3.58. The van der Waals surface area contributed by atoms with E-state index in [1.54, 1.807) is 0 Å². The van der Waals surface area contributed by atoms with Gasteiger partial charge in [-0.1, -0.05) is 0 Å². The summed E-state index contributed by atoms with van der Waals surface area (Å²) >= 11 is 0. The molecule has 1 aliphatic heterocycles. The van der Waals surface area contributed by atoms with Gasteiger partial charge in [0.25, 0.3) is 5.56 Å². The summed E-state index contributed by atoms with van der Waals surface area (Å²) in [6, 6.07) is 3.43. The average Bonchev–Trinajstić information content (AvgIpc) is 3.00. The molecule has 24 heavy (non-hydrogen) atoms. The molecule has 0 radical (unpaired) electrons. The van der Waals surface area contributed by atoms with Gasteiger partial charge in [0, 0.05) is 12.5 Å². The second kappa shape index (κ2) is 6.78. The molecule has 6 nitrogen and oxygen atoms in total. The van der Waals surface area contributed by atoms with Crippen molar-refractivity contribution in [3.05, 3.63) is 34.4 Å². The summed E-state index contributed by atoms with van der Waals surface area (Å²) in [5.74, 6) is 0.183. The molecule has 0 bridgehead atoms. The van der Waals surface area contributed by atoms with Gasteiger partial charge in [0.05, 0.1) is 24.1 Å². The van der Waals surface area contributed by atoms with E-state index in [0.29, 0.717) is 25.0 Å². The minimum Gasteiger partial charge on any atom is -0.406 e. The van der Waals surface area contributed by atoms with E-state index in [4.69, 9.17) is 9.47 Å². The fourth-order valence-corrected chi connectivity index (χ4v) is 2.47. The lowest BCUT2D eigenvalue weighted by atomic mass is 10.1. The number of rotatable bonds is 5. The number of aromatic nitrogens is 2. The largest absolute Gasteiger partial charge is 0.573 e. The molecule has 0 amide bonds. The van der Waals surface area contributed by atoms with Crippen molar-refractivity contribution in [2.24, 2.45) is 5.92 Å². The summed E-state index contributed by atoms with van der Waals surface area (Å²) < 4.78 is 51.2. The zero-order chi connectivity index (χ0) is 17.2. The summed E-state index contributed by atoms with van der Waals surface area (Å²) in [6.07, 6.45) is -3.88. The molecule has 3 rings (SSSR count). The van der Waals surface area contributed by atoms with Crippen molar-refractivity contribution in [2.75, 3.05) is 19.8 Å². The maximum atomic E-state index is 12.2. The SMILES string of the molecule is O=c1[nH]c(COCC2CCOC2)nc2ccc(OC(F)(F)F)cc12. The fourth-order valence-electron chi connectivity index (χ4n) is 2.47. The first-order chi connectivity index (χ1) is 11.4. The van der Waals surface area contributed by atoms with Crippen LogP contribution in [0.3, 0.4) is 0 Å². The molecule has 0 saturated carbocycles. The lowest BCUT2D eigenvalue weighted by molar-refractivity contribution is -0.274. The van der Waals surface area contributed by atoms with E-state index in [1.807, 2.05) is 0 Å². The molecule has 1 N–H and O–H groups in total. The quantitative estimate of drug-likeness (QED) is 0.901. The maximum absolute atomic E-state index is 12.2. The van der Waals surface area contributed by atoms with Crippen LogP contribution in [-0.4, -0.2) is 36.2 Å². The van der Waals surface area contributed by atoms with Crippen LogP contribution in [0.1, 0.15) is 12.2 Å². The van der Waals surface area contributed by atoms with Crippen molar-refractivity contribution in [2.45, 2.75) is 19.4 Å². The van der Waals surface area contributed by atoms with Crippen molar-refractivity contribution >= 4 is 10.9 Å². The summed E-state index contributed by atoms with van der Waals surface area (Å²) in [7, 11) is 0. The van der Waals surface area contributed by atoms with Crippen molar-refractivity contribution in [1.82, 2.24) is 9.97 Å². The van der Waals surface area contributed by atoms with Gasteiger partial charge in [-0.15, -0.1) is 13.2 Å². The highest BCUT2D eigenvalue weighted by atomic mass is 19.4. The Balaban J connectivity index is 1.72. The normalized spacial score (nSPS) is 18.2. The predicted molar refractivity (Wildman–Crippen MR) is 77.6 cm³/mol. The number of benzene rings is 1. The van der Waals surface area contributed by atoms with Crippen LogP contribution in [0.4, 0.5) is 13.2 Å². The van der Waals surface area contributed by atoms with Gasteiger partial charge in [0.1, 0.15) is 18.2 Å². The molecule has 1 aromatic heterocycles. The zero-order valence-electron chi connectivity index (χ0n) is 12.6. The van der Waals surface area contributed by atoms with Crippen LogP contribution in [0, 0.1) is 5.92 Å². The third kappa shape index (κ3) is 4.24. The number of nitrogens with zero attached hydrogens (tertiary/aromatic N) is 1. The molecule has 2 heterocycles. The number of nitrogens with one attached hydrogen (secondary N) is 1. The summed E-state index contributed by atoms with van der Waals surface area (Å²) in [6.45, 7) is 1.99. The van der Waals surface area contributed by atoms with Gasteiger partial charge in [-0.2, -0.15) is 0 Å². The summed E-state index contributed by atoms with van der Waals surface area (Å²) in [4.78, 5) is 18.7. The standard InChI is InChI=1S/C15H15F3N2O4/c16-15(17,18)24-10-1-2-12-11(5-10)14(21)20-13(19-12)8-23-7-9-3-4-22-6-9/h1-2,5,9H,3-4,6-8H2,(H,19,20,21). The third-order valence-corrected chi connectivity index (χ3v) is 3.58. The number of H-pyrrole nitrogens is 1. The number of fused-ring (bicyclic) bond motifs is 1. The minimum atomic E-state index is -4.81. The van der Waals surface area contributed by atoms with Crippen LogP contribution in [0.25, 0.3) is 10.9 Å². The van der Waals surface area contributed by atoms with E-state index in [2.05, 4.69) is 14.7 Å². The maximum Gasteiger partial charge on any atom is 0.573 e.